The molecule has 0 spiro atoms. The van der Waals surface area contributed by atoms with Gasteiger partial charge < -0.3 is 15.0 Å². The van der Waals surface area contributed by atoms with Crippen LogP contribution in [-0.4, -0.2) is 36.6 Å². The average Bonchev–Trinajstić information content (AvgIpc) is 2.97. The monoisotopic (exact) mass is 434 g/mol. The summed E-state index contributed by atoms with van der Waals surface area (Å²) in [5.41, 5.74) is 0.523. The number of amides is 1. The zero-order valence-corrected chi connectivity index (χ0v) is 17.6. The number of aryl methyl sites for hydroxylation is 1. The van der Waals surface area contributed by atoms with Crippen molar-refractivity contribution in [1.29, 1.82) is 5.26 Å². The number of hydrogen-bond donors (Lipinski definition) is 3. The van der Waals surface area contributed by atoms with Crippen molar-refractivity contribution < 1.29 is 22.7 Å². The number of anilines is 1. The largest absolute Gasteiger partial charge is 0.395 e. The van der Waals surface area contributed by atoms with Crippen molar-refractivity contribution >= 4 is 21.6 Å². The quantitative estimate of drug-likeness (QED) is 0.676. The maximum absolute atomic E-state index is 13.6. The van der Waals surface area contributed by atoms with Crippen LogP contribution in [0.25, 0.3) is 0 Å². The highest BCUT2D eigenvalue weighted by molar-refractivity contribution is 7.89. The van der Waals surface area contributed by atoms with Gasteiger partial charge in [0.2, 0.25) is 10.0 Å². The van der Waals surface area contributed by atoms with Crippen molar-refractivity contribution in [2.24, 2.45) is 18.9 Å². The third-order valence-corrected chi connectivity index (χ3v) is 6.96. The summed E-state index contributed by atoms with van der Waals surface area (Å²) < 4.78 is 43.2. The molecule has 3 N–H and O–H groups in total. The summed E-state index contributed by atoms with van der Waals surface area (Å²) in [6, 6.07) is 4.66. The molecule has 0 saturated carbocycles. The van der Waals surface area contributed by atoms with Crippen LogP contribution in [0.1, 0.15) is 35.5 Å². The molecule has 0 unspecified atom stereocenters. The van der Waals surface area contributed by atoms with Gasteiger partial charge >= 0.3 is 0 Å². The Hall–Kier alpha value is -2.74. The van der Waals surface area contributed by atoms with Crippen molar-refractivity contribution in [1.82, 2.24) is 9.29 Å². The number of carbonyl (C=O) groups is 1. The minimum absolute atomic E-state index is 0.00595. The number of aliphatic hydroxyl groups excluding tert-OH is 1. The van der Waals surface area contributed by atoms with E-state index in [-0.39, 0.29) is 46.7 Å². The third-order valence-electron chi connectivity index (χ3n) is 5.41. The van der Waals surface area contributed by atoms with E-state index in [9.17, 15) is 22.7 Å². The standard InChI is InChI=1S/C20H23FN4O4S/c1-11(2)14-7-15-18(30(28,29)24-17(14)10-26)9-25(3)19(15)20(27)23-13-4-5-16(21)12(6-13)8-22/h4-6,9,11,14,17,24,26H,7,10H2,1-3H3,(H,23,27)/t14-,17-/m1/s1. The fourth-order valence-electron chi connectivity index (χ4n) is 3.85. The summed E-state index contributed by atoms with van der Waals surface area (Å²) in [5.74, 6) is -1.46. The molecule has 8 nitrogen and oxygen atoms in total. The van der Waals surface area contributed by atoms with Crippen LogP contribution in [0.3, 0.4) is 0 Å². The Morgan fingerprint density at radius 2 is 2.17 bits per heavy atom. The second-order valence-corrected chi connectivity index (χ2v) is 9.40. The number of aliphatic hydroxyl groups is 1. The minimum Gasteiger partial charge on any atom is -0.395 e. The zero-order chi connectivity index (χ0) is 22.2. The first-order valence-electron chi connectivity index (χ1n) is 9.41. The van der Waals surface area contributed by atoms with Crippen molar-refractivity contribution in [2.45, 2.75) is 31.2 Å². The first-order valence-corrected chi connectivity index (χ1v) is 10.9. The van der Waals surface area contributed by atoms with Gasteiger partial charge in [-0.05, 0) is 36.5 Å². The van der Waals surface area contributed by atoms with Gasteiger partial charge in [-0.25, -0.2) is 17.5 Å². The smallest absolute Gasteiger partial charge is 0.272 e. The molecule has 1 aromatic carbocycles. The highest BCUT2D eigenvalue weighted by atomic mass is 32.2. The number of sulfonamides is 1. The van der Waals surface area contributed by atoms with Crippen LogP contribution >= 0.6 is 0 Å². The highest BCUT2D eigenvalue weighted by Crippen LogP contribution is 2.33. The predicted octanol–water partition coefficient (Wildman–Crippen LogP) is 1.76. The molecule has 3 rings (SSSR count). The van der Waals surface area contributed by atoms with Crippen LogP contribution in [-0.2, 0) is 23.5 Å². The molecule has 10 heteroatoms. The summed E-state index contributed by atoms with van der Waals surface area (Å²) >= 11 is 0. The fourth-order valence-corrected chi connectivity index (χ4v) is 5.43. The Bertz CT molecular complexity index is 1130. The fraction of sp³-hybridized carbons (Fsp3) is 0.400. The number of nitriles is 1. The number of fused-ring (bicyclic) bond motifs is 1. The van der Waals surface area contributed by atoms with Crippen molar-refractivity contribution in [3.8, 4) is 6.07 Å². The van der Waals surface area contributed by atoms with Gasteiger partial charge in [-0.15, -0.1) is 0 Å². The Morgan fingerprint density at radius 1 is 1.47 bits per heavy atom. The van der Waals surface area contributed by atoms with Gasteiger partial charge in [0.25, 0.3) is 5.91 Å². The topological polar surface area (TPSA) is 124 Å². The molecule has 2 aromatic rings. The predicted molar refractivity (Wildman–Crippen MR) is 108 cm³/mol. The molecule has 0 aliphatic carbocycles. The summed E-state index contributed by atoms with van der Waals surface area (Å²) in [6.45, 7) is 3.50. The maximum atomic E-state index is 13.6. The van der Waals surface area contributed by atoms with E-state index >= 15 is 0 Å². The molecular formula is C20H23FN4O4S. The Morgan fingerprint density at radius 3 is 2.77 bits per heavy atom. The van der Waals surface area contributed by atoms with Crippen molar-refractivity contribution in [2.75, 3.05) is 11.9 Å². The van der Waals surface area contributed by atoms with Gasteiger partial charge in [0.15, 0.2) is 0 Å². The molecule has 1 aliphatic rings. The maximum Gasteiger partial charge on any atom is 0.272 e. The van der Waals surface area contributed by atoms with E-state index in [1.54, 1.807) is 13.1 Å². The zero-order valence-electron chi connectivity index (χ0n) is 16.8. The van der Waals surface area contributed by atoms with Crippen LogP contribution < -0.4 is 10.0 Å². The van der Waals surface area contributed by atoms with Crippen LogP contribution in [0.5, 0.6) is 0 Å². The lowest BCUT2D eigenvalue weighted by atomic mass is 9.84. The van der Waals surface area contributed by atoms with E-state index in [1.165, 1.54) is 22.9 Å². The number of halogens is 1. The second-order valence-electron chi connectivity index (χ2n) is 7.71. The lowest BCUT2D eigenvalue weighted by Gasteiger charge is -2.27. The van der Waals surface area contributed by atoms with Gasteiger partial charge in [-0.3, -0.25) is 4.79 Å². The van der Waals surface area contributed by atoms with Gasteiger partial charge in [-0.1, -0.05) is 13.8 Å². The summed E-state index contributed by atoms with van der Waals surface area (Å²) in [7, 11) is -2.37. The third kappa shape index (κ3) is 3.96. The Labute approximate surface area is 174 Å². The number of hydrogen-bond acceptors (Lipinski definition) is 5. The summed E-state index contributed by atoms with van der Waals surface area (Å²) in [5, 5.41) is 21.3. The molecule has 2 atom stereocenters. The number of aromatic nitrogens is 1. The molecule has 30 heavy (non-hydrogen) atoms. The number of nitrogens with one attached hydrogen (secondary N) is 2. The molecule has 160 valence electrons. The number of benzene rings is 1. The van der Waals surface area contributed by atoms with Crippen LogP contribution in [0.2, 0.25) is 0 Å². The SMILES string of the molecule is CC(C)[C@H]1Cc2c(cn(C)c2C(=O)Nc2ccc(F)c(C#N)c2)S(=O)(=O)N[C@@H]1CO. The molecule has 0 saturated heterocycles. The molecular weight excluding hydrogens is 411 g/mol. The normalized spacial score (nSPS) is 20.3. The number of nitrogens with zero attached hydrogens (tertiary/aromatic N) is 2. The van der Waals surface area contributed by atoms with E-state index in [1.807, 2.05) is 13.8 Å². The molecule has 1 amide bonds. The van der Waals surface area contributed by atoms with Gasteiger partial charge in [0.05, 0.1) is 12.2 Å². The van der Waals surface area contributed by atoms with Crippen LogP contribution in [0.15, 0.2) is 29.3 Å². The van der Waals surface area contributed by atoms with E-state index in [0.717, 1.165) is 6.07 Å². The van der Waals surface area contributed by atoms with Crippen LogP contribution in [0.4, 0.5) is 10.1 Å². The van der Waals surface area contributed by atoms with Gasteiger partial charge in [0.1, 0.15) is 22.5 Å². The lowest BCUT2D eigenvalue weighted by molar-refractivity contribution is 0.101. The van der Waals surface area contributed by atoms with Crippen molar-refractivity contribution in [3.05, 3.63) is 47.0 Å². The molecule has 1 aromatic heterocycles. The molecule has 2 heterocycles. The Kier molecular flexibility index (Phi) is 5.99. The summed E-state index contributed by atoms with van der Waals surface area (Å²) in [6.07, 6.45) is 1.65. The molecule has 0 bridgehead atoms. The molecule has 0 radical (unpaired) electrons. The van der Waals surface area contributed by atoms with Gasteiger partial charge in [0, 0.05) is 30.5 Å². The highest BCUT2D eigenvalue weighted by Gasteiger charge is 2.38. The molecule has 1 aliphatic heterocycles. The van der Waals surface area contributed by atoms with Gasteiger partial charge in [-0.2, -0.15) is 5.26 Å². The van der Waals surface area contributed by atoms with E-state index in [0.29, 0.717) is 5.56 Å². The first-order chi connectivity index (χ1) is 14.1. The number of rotatable bonds is 4. The lowest BCUT2D eigenvalue weighted by Crippen LogP contribution is -2.43. The average molecular weight is 434 g/mol. The Balaban J connectivity index is 2.05. The minimum atomic E-state index is -3.93. The summed E-state index contributed by atoms with van der Waals surface area (Å²) in [4.78, 5) is 13.0. The van der Waals surface area contributed by atoms with E-state index in [4.69, 9.17) is 5.26 Å². The molecule has 0 fully saturated rings. The van der Waals surface area contributed by atoms with E-state index in [2.05, 4.69) is 10.0 Å². The van der Waals surface area contributed by atoms with Crippen LogP contribution in [0, 0.1) is 29.0 Å². The first kappa shape index (κ1) is 22.0. The van der Waals surface area contributed by atoms with Crippen molar-refractivity contribution in [3.63, 3.8) is 0 Å². The second kappa shape index (κ2) is 8.18. The number of carbonyl (C=O) groups excluding carboxylic acids is 1. The van der Waals surface area contributed by atoms with E-state index < -0.39 is 27.8 Å².